The molecule has 6 atom stereocenters. The summed E-state index contributed by atoms with van der Waals surface area (Å²) in [5, 5.41) is 15.9. The predicted molar refractivity (Wildman–Crippen MR) is 433 cm³/mol. The molecule has 0 spiro atoms. The van der Waals surface area contributed by atoms with E-state index in [1.807, 2.05) is 234 Å². The maximum Gasteiger partial charge on any atom is 0.251 e. The van der Waals surface area contributed by atoms with Gasteiger partial charge < -0.3 is 44.9 Å². The van der Waals surface area contributed by atoms with Crippen molar-refractivity contribution in [3.63, 3.8) is 0 Å². The van der Waals surface area contributed by atoms with Crippen LogP contribution in [0.2, 0.25) is 0 Å². The molecule has 0 aliphatic carbocycles. The van der Waals surface area contributed by atoms with Gasteiger partial charge in [0.2, 0.25) is 17.7 Å². The molecular formula is C78H87Cl6N9O9S3. The van der Waals surface area contributed by atoms with E-state index in [4.69, 9.17) is 49.0 Å². The Bertz CT molecular complexity index is 3810. The summed E-state index contributed by atoms with van der Waals surface area (Å²) in [6, 6.07) is 54.7. The number of rotatable bonds is 21. The third kappa shape index (κ3) is 22.2. The van der Waals surface area contributed by atoms with Gasteiger partial charge in [0.25, 0.3) is 17.7 Å². The minimum Gasteiger partial charge on any atom is -0.457 e. The lowest BCUT2D eigenvalue weighted by atomic mass is 10.1. The molecule has 3 aliphatic rings. The maximum atomic E-state index is 13.8. The first-order valence-electron chi connectivity index (χ1n) is 33.7. The van der Waals surface area contributed by atoms with E-state index in [2.05, 4.69) is 36.7 Å². The van der Waals surface area contributed by atoms with Gasteiger partial charge in [-0.2, -0.15) is 0 Å². The van der Waals surface area contributed by atoms with Gasteiger partial charge in [0, 0.05) is 109 Å². The Labute approximate surface area is 660 Å². The summed E-state index contributed by atoms with van der Waals surface area (Å²) in [4.78, 5) is 93.7. The van der Waals surface area contributed by atoms with Crippen molar-refractivity contribution in [3.8, 4) is 34.5 Å². The lowest BCUT2D eigenvalue weighted by molar-refractivity contribution is -0.135. The molecule has 0 saturated carbocycles. The molecule has 0 radical (unpaired) electrons. The summed E-state index contributed by atoms with van der Waals surface area (Å²) in [6.45, 7) is 17.6. The van der Waals surface area contributed by atoms with E-state index in [1.54, 1.807) is 14.7 Å². The van der Waals surface area contributed by atoms with E-state index in [-0.39, 0.29) is 108 Å². The monoisotopic (exact) mass is 1600 g/mol. The van der Waals surface area contributed by atoms with Gasteiger partial charge in [0.05, 0.1) is 0 Å². The Kier molecular flexibility index (Phi) is 33.3. The average molecular weight is 1600 g/mol. The third-order valence-corrected chi connectivity index (χ3v) is 20.8. The number of hydrogen-bond acceptors (Lipinski definition) is 15. The molecule has 3 aromatic heterocycles. The van der Waals surface area contributed by atoms with Crippen LogP contribution >= 0.6 is 106 Å². The van der Waals surface area contributed by atoms with Gasteiger partial charge in [-0.25, -0.2) is 0 Å². The normalized spacial score (nSPS) is 16.2. The van der Waals surface area contributed by atoms with Crippen molar-refractivity contribution in [1.82, 2.24) is 30.7 Å². The molecule has 6 aromatic carbocycles. The van der Waals surface area contributed by atoms with E-state index < -0.39 is 18.1 Å². The molecule has 3 aliphatic heterocycles. The molecule has 0 unspecified atom stereocenters. The van der Waals surface area contributed by atoms with Gasteiger partial charge in [-0.15, -0.1) is 106 Å². The number of benzene rings is 6. The average Bonchev–Trinajstić information content (AvgIpc) is 1.65. The molecular weight excluding hydrogens is 1520 g/mol. The van der Waals surface area contributed by atoms with Gasteiger partial charge in [0.1, 0.15) is 70.3 Å². The number of ether oxygens (including phenoxy) is 3. The molecule has 558 valence electrons. The van der Waals surface area contributed by atoms with Crippen LogP contribution in [-0.2, 0) is 28.8 Å². The van der Waals surface area contributed by atoms with E-state index in [1.165, 1.54) is 34.0 Å². The standard InChI is InChI=1S/3C26H28ClN3O3S.3ClH/c3*1-18-15-21(33-20-7-4-3-5-8-20)10-11-22(18)30(24(31)16-27)25(23-9-6-14-34-23)26(32)29-13-12-28-19(2)17-29;;;/h3*3-11,14-15,19,25,28H,12-13,16-17H2,1-2H3;3*1H/t2*19-,25+;19-,25-;;;/m101.../s1. The molecule has 12 rings (SSSR count). The summed E-state index contributed by atoms with van der Waals surface area (Å²) in [7, 11) is 0. The summed E-state index contributed by atoms with van der Waals surface area (Å²) in [6.07, 6.45) is 0. The van der Waals surface area contributed by atoms with Crippen LogP contribution in [0, 0.1) is 20.8 Å². The first-order chi connectivity index (χ1) is 49.4. The van der Waals surface area contributed by atoms with Crippen LogP contribution in [0.1, 0.15) is 70.2 Å². The minimum atomic E-state index is -0.781. The number of nitrogens with zero attached hydrogens (tertiary/aromatic N) is 6. The number of thiophene rings is 3. The number of piperazine rings is 3. The largest absolute Gasteiger partial charge is 0.457 e. The first-order valence-corrected chi connectivity index (χ1v) is 38.0. The molecule has 18 nitrogen and oxygen atoms in total. The zero-order valence-corrected chi connectivity index (χ0v) is 66.1. The lowest BCUT2D eigenvalue weighted by Crippen LogP contribution is -2.55. The summed E-state index contributed by atoms with van der Waals surface area (Å²) in [5.41, 5.74) is 4.36. The second-order valence-electron chi connectivity index (χ2n) is 25.0. The Morgan fingerprint density at radius 2 is 0.648 bits per heavy atom. The number of hydrogen-bond donors (Lipinski definition) is 3. The van der Waals surface area contributed by atoms with Crippen molar-refractivity contribution < 1.29 is 43.0 Å². The quantitative estimate of drug-likeness (QED) is 0.0579. The smallest absolute Gasteiger partial charge is 0.251 e. The fourth-order valence-electron chi connectivity index (χ4n) is 12.5. The van der Waals surface area contributed by atoms with Crippen LogP contribution < -0.4 is 44.9 Å². The second-order valence-corrected chi connectivity index (χ2v) is 28.7. The van der Waals surface area contributed by atoms with E-state index in [0.717, 1.165) is 68.2 Å². The molecule has 9 aromatic rings. The van der Waals surface area contributed by atoms with Gasteiger partial charge >= 0.3 is 0 Å². The third-order valence-electron chi connectivity index (χ3n) is 17.3. The van der Waals surface area contributed by atoms with Crippen LogP contribution in [0.3, 0.4) is 0 Å². The van der Waals surface area contributed by atoms with E-state index >= 15 is 0 Å². The van der Waals surface area contributed by atoms with Crippen molar-refractivity contribution in [2.75, 3.05) is 91.2 Å². The fraction of sp³-hybridized carbons (Fsp3) is 0.308. The highest BCUT2D eigenvalue weighted by Gasteiger charge is 2.41. The molecule has 6 heterocycles. The van der Waals surface area contributed by atoms with Crippen LogP contribution in [0.25, 0.3) is 0 Å². The number of carbonyl (C=O) groups is 6. The van der Waals surface area contributed by atoms with Crippen LogP contribution in [0.15, 0.2) is 198 Å². The molecule has 3 N–H and O–H groups in total. The zero-order chi connectivity index (χ0) is 72.2. The van der Waals surface area contributed by atoms with Crippen LogP contribution in [0.5, 0.6) is 34.5 Å². The van der Waals surface area contributed by atoms with Crippen molar-refractivity contribution in [1.29, 1.82) is 0 Å². The summed E-state index contributed by atoms with van der Waals surface area (Å²) >= 11 is 22.6. The highest BCUT2D eigenvalue weighted by atomic mass is 35.5. The first kappa shape index (κ1) is 84.5. The predicted octanol–water partition coefficient (Wildman–Crippen LogP) is 16.2. The molecule has 27 heteroatoms. The van der Waals surface area contributed by atoms with Crippen molar-refractivity contribution in [3.05, 3.63) is 229 Å². The molecule has 105 heavy (non-hydrogen) atoms. The summed E-state index contributed by atoms with van der Waals surface area (Å²) in [5.74, 6) is 2.19. The number of carbonyl (C=O) groups excluding carboxylic acids is 6. The molecule has 3 fully saturated rings. The second kappa shape index (κ2) is 41.4. The number of amides is 6. The Morgan fingerprint density at radius 3 is 0.857 bits per heavy atom. The highest BCUT2D eigenvalue weighted by Crippen LogP contribution is 2.41. The van der Waals surface area contributed by atoms with Crippen molar-refractivity contribution >= 4 is 159 Å². The highest BCUT2D eigenvalue weighted by molar-refractivity contribution is 7.10. The van der Waals surface area contributed by atoms with Crippen molar-refractivity contribution in [2.45, 2.75) is 77.8 Å². The minimum absolute atomic E-state index is 0. The summed E-state index contributed by atoms with van der Waals surface area (Å²) < 4.78 is 17.9. The number of nitrogens with one attached hydrogen (secondary N) is 3. The SMILES string of the molecule is Cc1cc(Oc2ccccc2)ccc1N(C(=O)CCl)[C@@H](C(=O)N1CCN[C@@H](C)C1)c1cccs1.Cc1cc(Oc2ccccc2)ccc1N(C(=O)CCl)[C@@H](C(=O)N1CCN[C@H](C)C1)c1cccs1.Cc1cc(Oc2ccccc2)ccc1N(C(=O)CCl)[C@H](C(=O)N1CCN[C@H](C)C1)c1cccs1.Cl.Cl.Cl. The topological polar surface area (TPSA) is 186 Å². The lowest BCUT2D eigenvalue weighted by Gasteiger charge is -2.38. The molecule has 6 amide bonds. The number of para-hydroxylation sites is 3. The van der Waals surface area contributed by atoms with Crippen molar-refractivity contribution in [2.24, 2.45) is 0 Å². The van der Waals surface area contributed by atoms with Gasteiger partial charge in [-0.3, -0.25) is 43.5 Å². The molecule has 3 saturated heterocycles. The fourth-order valence-corrected chi connectivity index (χ4v) is 15.3. The Morgan fingerprint density at radius 1 is 0.390 bits per heavy atom. The maximum absolute atomic E-state index is 13.8. The number of anilines is 3. The van der Waals surface area contributed by atoms with Gasteiger partial charge in [-0.1, -0.05) is 72.8 Å². The zero-order valence-electron chi connectivity index (χ0n) is 58.9. The number of alkyl halides is 3. The van der Waals surface area contributed by atoms with E-state index in [9.17, 15) is 28.8 Å². The van der Waals surface area contributed by atoms with Gasteiger partial charge in [-0.05, 0) is 184 Å². The Hall–Kier alpha value is -7.74. The van der Waals surface area contributed by atoms with Crippen LogP contribution in [0.4, 0.5) is 17.1 Å². The number of aryl methyl sites for hydroxylation is 3. The van der Waals surface area contributed by atoms with Crippen LogP contribution in [-0.4, -0.2) is 145 Å². The molecule has 0 bridgehead atoms. The van der Waals surface area contributed by atoms with Gasteiger partial charge in [0.15, 0.2) is 0 Å². The Balaban J connectivity index is 0.000000217. The van der Waals surface area contributed by atoms with E-state index in [0.29, 0.717) is 73.6 Å². The number of halogens is 6.